The maximum atomic E-state index is 12.4. The zero-order chi connectivity index (χ0) is 17.9. The van der Waals surface area contributed by atoms with Crippen LogP contribution >= 0.6 is 22.6 Å². The van der Waals surface area contributed by atoms with E-state index in [1.807, 2.05) is 26.0 Å². The lowest BCUT2D eigenvalue weighted by Gasteiger charge is -2.21. The van der Waals surface area contributed by atoms with Gasteiger partial charge in [-0.2, -0.15) is 4.31 Å². The number of sulfonamides is 1. The van der Waals surface area contributed by atoms with Gasteiger partial charge in [-0.15, -0.1) is 0 Å². The third-order valence-electron chi connectivity index (χ3n) is 3.60. The van der Waals surface area contributed by atoms with Gasteiger partial charge in [0.15, 0.2) is 0 Å². The lowest BCUT2D eigenvalue weighted by Crippen LogP contribution is -2.33. The summed E-state index contributed by atoms with van der Waals surface area (Å²) in [6.07, 6.45) is 0. The molecule has 0 aliphatic carbocycles. The number of rotatable bonds is 5. The summed E-state index contributed by atoms with van der Waals surface area (Å²) in [5.74, 6) is -0.233. The minimum Gasteiger partial charge on any atom is -0.322 e. The van der Waals surface area contributed by atoms with Crippen LogP contribution in [-0.2, 0) is 10.0 Å². The fraction of sp³-hybridized carbons (Fsp3) is 0.235. The lowest BCUT2D eigenvalue weighted by molar-refractivity contribution is 0.102. The molecule has 0 saturated carbocycles. The van der Waals surface area contributed by atoms with Gasteiger partial charge in [0.1, 0.15) is 0 Å². The number of anilines is 1. The van der Waals surface area contributed by atoms with Crippen LogP contribution in [0.1, 0.15) is 24.2 Å². The second kappa shape index (κ2) is 7.62. The van der Waals surface area contributed by atoms with Gasteiger partial charge >= 0.3 is 0 Å². The molecule has 7 heteroatoms. The van der Waals surface area contributed by atoms with Crippen molar-refractivity contribution >= 4 is 44.2 Å². The second-order valence-electron chi connectivity index (χ2n) is 5.60. The molecule has 0 radical (unpaired) electrons. The van der Waals surface area contributed by atoms with E-state index in [0.717, 1.165) is 3.57 Å². The molecule has 5 nitrogen and oxygen atoms in total. The van der Waals surface area contributed by atoms with Crippen molar-refractivity contribution in [2.45, 2.75) is 24.8 Å². The van der Waals surface area contributed by atoms with E-state index in [1.165, 1.54) is 16.4 Å². The number of hydrogen-bond acceptors (Lipinski definition) is 3. The predicted octanol–water partition coefficient (Wildman–Crippen LogP) is 3.57. The van der Waals surface area contributed by atoms with Crippen molar-refractivity contribution in [3.05, 3.63) is 57.7 Å². The first-order chi connectivity index (χ1) is 11.2. The third-order valence-corrected chi connectivity index (χ3v) is 6.32. The van der Waals surface area contributed by atoms with E-state index in [0.29, 0.717) is 11.3 Å². The van der Waals surface area contributed by atoms with Crippen molar-refractivity contribution in [2.75, 3.05) is 12.4 Å². The summed E-state index contributed by atoms with van der Waals surface area (Å²) < 4.78 is 27.1. The topological polar surface area (TPSA) is 66.5 Å². The van der Waals surface area contributed by atoms with Gasteiger partial charge in [0.25, 0.3) is 5.91 Å². The summed E-state index contributed by atoms with van der Waals surface area (Å²) in [4.78, 5) is 12.4. The highest BCUT2D eigenvalue weighted by atomic mass is 127. The van der Waals surface area contributed by atoms with E-state index in [4.69, 9.17) is 0 Å². The summed E-state index contributed by atoms with van der Waals surface area (Å²) in [7, 11) is -1.97. The first kappa shape index (κ1) is 18.9. The summed E-state index contributed by atoms with van der Waals surface area (Å²) in [6.45, 7) is 3.63. The Balaban J connectivity index is 2.17. The van der Waals surface area contributed by atoms with E-state index in [-0.39, 0.29) is 16.8 Å². The van der Waals surface area contributed by atoms with Gasteiger partial charge in [-0.1, -0.05) is 6.07 Å². The number of benzene rings is 2. The quantitative estimate of drug-likeness (QED) is 0.697. The number of nitrogens with zero attached hydrogens (tertiary/aromatic N) is 1. The van der Waals surface area contributed by atoms with E-state index in [1.54, 1.807) is 31.3 Å². The van der Waals surface area contributed by atoms with Crippen molar-refractivity contribution < 1.29 is 13.2 Å². The number of carbonyl (C=O) groups excluding carboxylic acids is 1. The molecule has 0 fully saturated rings. The molecule has 24 heavy (non-hydrogen) atoms. The van der Waals surface area contributed by atoms with Crippen LogP contribution < -0.4 is 5.32 Å². The molecule has 0 aliphatic rings. The van der Waals surface area contributed by atoms with Gasteiger partial charge in [-0.3, -0.25) is 4.79 Å². The molecule has 2 rings (SSSR count). The first-order valence-electron chi connectivity index (χ1n) is 7.37. The molecule has 0 bridgehead atoms. The van der Waals surface area contributed by atoms with Gasteiger partial charge in [0.2, 0.25) is 10.0 Å². The Kier molecular flexibility index (Phi) is 6.00. The van der Waals surface area contributed by atoms with Crippen LogP contribution in [0.3, 0.4) is 0 Å². The van der Waals surface area contributed by atoms with Gasteiger partial charge in [-0.25, -0.2) is 8.42 Å². The lowest BCUT2D eigenvalue weighted by atomic mass is 10.2. The van der Waals surface area contributed by atoms with Crippen LogP contribution in [0.2, 0.25) is 0 Å². The highest BCUT2D eigenvalue weighted by molar-refractivity contribution is 14.1. The Labute approximate surface area is 156 Å². The standard InChI is InChI=1S/C17H19IN2O3S/c1-12(2)20(3)24(22,23)16-9-7-15(8-10-16)19-17(21)13-5-4-6-14(18)11-13/h4-12H,1-3H3,(H,19,21). The van der Waals surface area contributed by atoms with Gasteiger partial charge < -0.3 is 5.32 Å². The molecule has 1 amide bonds. The van der Waals surface area contributed by atoms with Gasteiger partial charge in [0.05, 0.1) is 4.90 Å². The van der Waals surface area contributed by atoms with Gasteiger partial charge in [-0.05, 0) is 78.9 Å². The molecule has 0 heterocycles. The molecule has 0 spiro atoms. The number of amides is 1. The molecule has 2 aromatic rings. The average Bonchev–Trinajstić information content (AvgIpc) is 2.54. The summed E-state index contributed by atoms with van der Waals surface area (Å²) in [6, 6.07) is 13.3. The zero-order valence-corrected chi connectivity index (χ0v) is 16.6. The molecular formula is C17H19IN2O3S. The number of carbonyl (C=O) groups is 1. The minimum atomic E-state index is -3.52. The van der Waals surface area contributed by atoms with E-state index in [9.17, 15) is 13.2 Å². The number of halogens is 1. The van der Waals surface area contributed by atoms with E-state index >= 15 is 0 Å². The largest absolute Gasteiger partial charge is 0.322 e. The molecule has 128 valence electrons. The molecule has 0 aromatic heterocycles. The monoisotopic (exact) mass is 458 g/mol. The van der Waals surface area contributed by atoms with Crippen molar-refractivity contribution in [1.82, 2.24) is 4.31 Å². The highest BCUT2D eigenvalue weighted by Crippen LogP contribution is 2.19. The maximum Gasteiger partial charge on any atom is 0.255 e. The normalized spacial score (nSPS) is 11.8. The second-order valence-corrected chi connectivity index (χ2v) is 8.85. The average molecular weight is 458 g/mol. The Morgan fingerprint density at radius 1 is 1.12 bits per heavy atom. The Morgan fingerprint density at radius 2 is 1.75 bits per heavy atom. The predicted molar refractivity (Wildman–Crippen MR) is 104 cm³/mol. The van der Waals surface area contributed by atoms with Crippen LogP contribution in [0.4, 0.5) is 5.69 Å². The van der Waals surface area contributed by atoms with Crippen molar-refractivity contribution in [3.8, 4) is 0 Å². The highest BCUT2D eigenvalue weighted by Gasteiger charge is 2.22. The van der Waals surface area contributed by atoms with E-state index < -0.39 is 10.0 Å². The Bertz CT molecular complexity index is 833. The molecule has 0 unspecified atom stereocenters. The van der Waals surface area contributed by atoms with Crippen molar-refractivity contribution in [3.63, 3.8) is 0 Å². The van der Waals surface area contributed by atoms with Crippen LogP contribution in [0, 0.1) is 3.57 Å². The van der Waals surface area contributed by atoms with Crippen molar-refractivity contribution in [1.29, 1.82) is 0 Å². The molecule has 0 aliphatic heterocycles. The molecule has 2 aromatic carbocycles. The van der Waals surface area contributed by atoms with Crippen molar-refractivity contribution in [2.24, 2.45) is 0 Å². The molecular weight excluding hydrogens is 439 g/mol. The first-order valence-corrected chi connectivity index (χ1v) is 9.88. The fourth-order valence-electron chi connectivity index (χ4n) is 1.99. The molecule has 0 saturated heterocycles. The molecule has 0 atom stereocenters. The smallest absolute Gasteiger partial charge is 0.255 e. The Morgan fingerprint density at radius 3 is 2.29 bits per heavy atom. The van der Waals surface area contributed by atoms with Gasteiger partial charge in [0, 0.05) is 27.9 Å². The third kappa shape index (κ3) is 4.34. The van der Waals surface area contributed by atoms with Crippen LogP contribution in [-0.4, -0.2) is 31.7 Å². The minimum absolute atomic E-state index is 0.130. The summed E-state index contributed by atoms with van der Waals surface area (Å²) in [5, 5.41) is 2.77. The number of nitrogens with one attached hydrogen (secondary N) is 1. The summed E-state index contributed by atoms with van der Waals surface area (Å²) >= 11 is 2.14. The maximum absolute atomic E-state index is 12.4. The van der Waals surface area contributed by atoms with Crippen LogP contribution in [0.25, 0.3) is 0 Å². The van der Waals surface area contributed by atoms with Crippen LogP contribution in [0.5, 0.6) is 0 Å². The van der Waals surface area contributed by atoms with E-state index in [2.05, 4.69) is 27.9 Å². The van der Waals surface area contributed by atoms with Crippen LogP contribution in [0.15, 0.2) is 53.4 Å². The zero-order valence-electron chi connectivity index (χ0n) is 13.7. The summed E-state index contributed by atoms with van der Waals surface area (Å²) in [5.41, 5.74) is 1.10. The SMILES string of the molecule is CC(C)N(C)S(=O)(=O)c1ccc(NC(=O)c2cccc(I)c2)cc1. The number of hydrogen-bond donors (Lipinski definition) is 1. The molecule has 1 N–H and O–H groups in total. The Hall–Kier alpha value is -1.45. The fourth-order valence-corrected chi connectivity index (χ4v) is 3.90.